The zero-order valence-corrected chi connectivity index (χ0v) is 9.72. The van der Waals surface area contributed by atoms with Gasteiger partial charge in [-0.25, -0.2) is 0 Å². The Hall–Kier alpha value is -0.960. The molecule has 1 aromatic rings. The molecule has 1 aromatic carbocycles. The average Bonchev–Trinajstić information content (AvgIpc) is 2.20. The van der Waals surface area contributed by atoms with Crippen molar-refractivity contribution in [1.29, 1.82) is 0 Å². The second-order valence-corrected chi connectivity index (χ2v) is 4.64. The molecule has 0 amide bonds. The normalized spacial score (nSPS) is 10.2. The predicted octanol–water partition coefficient (Wildman–Crippen LogP) is 3.09. The Morgan fingerprint density at radius 1 is 1.33 bits per heavy atom. The highest BCUT2D eigenvalue weighted by molar-refractivity contribution is 7.98. The van der Waals surface area contributed by atoms with E-state index >= 15 is 0 Å². The van der Waals surface area contributed by atoms with Crippen LogP contribution in [0.15, 0.2) is 24.3 Å². The van der Waals surface area contributed by atoms with Crippen molar-refractivity contribution in [3.05, 3.63) is 35.4 Å². The van der Waals surface area contributed by atoms with E-state index in [-0.39, 0.29) is 6.42 Å². The summed E-state index contributed by atoms with van der Waals surface area (Å²) in [5.74, 6) is 1.19. The number of benzene rings is 1. The van der Waals surface area contributed by atoms with Gasteiger partial charge in [-0.2, -0.15) is 11.8 Å². The molecule has 0 radical (unpaired) electrons. The molecule has 82 valence electrons. The molecule has 0 unspecified atom stereocenters. The van der Waals surface area contributed by atoms with Crippen LogP contribution in [0.5, 0.6) is 0 Å². The Labute approximate surface area is 94.7 Å². The first-order valence-electron chi connectivity index (χ1n) is 5.03. The molecule has 2 nitrogen and oxygen atoms in total. The lowest BCUT2D eigenvalue weighted by Gasteiger charge is -2.01. The van der Waals surface area contributed by atoms with Gasteiger partial charge in [0.25, 0.3) is 0 Å². The number of aliphatic carboxylic acids is 1. The minimum atomic E-state index is -0.703. The average molecular weight is 224 g/mol. The van der Waals surface area contributed by atoms with E-state index in [4.69, 9.17) is 5.11 Å². The van der Waals surface area contributed by atoms with E-state index < -0.39 is 5.97 Å². The molecule has 0 aliphatic heterocycles. The molecule has 0 aliphatic carbocycles. The van der Waals surface area contributed by atoms with Crippen LogP contribution in [0.1, 0.15) is 24.0 Å². The number of carbonyl (C=O) groups is 1. The molecule has 1 rings (SSSR count). The fraction of sp³-hybridized carbons (Fsp3) is 0.417. The summed E-state index contributed by atoms with van der Waals surface area (Å²) in [6.07, 6.45) is 1.03. The summed E-state index contributed by atoms with van der Waals surface area (Å²) in [7, 11) is 0. The van der Waals surface area contributed by atoms with E-state index in [1.807, 2.05) is 0 Å². The van der Waals surface area contributed by atoms with Crippen LogP contribution >= 0.6 is 11.8 Å². The van der Waals surface area contributed by atoms with E-state index in [2.05, 4.69) is 31.2 Å². The quantitative estimate of drug-likeness (QED) is 0.754. The second kappa shape index (κ2) is 6.51. The summed E-state index contributed by atoms with van der Waals surface area (Å²) < 4.78 is 0. The predicted molar refractivity (Wildman–Crippen MR) is 64.2 cm³/mol. The lowest BCUT2D eigenvalue weighted by molar-refractivity contribution is -0.137. The molecule has 0 saturated carbocycles. The van der Waals surface area contributed by atoms with Crippen molar-refractivity contribution in [3.8, 4) is 0 Å². The Balaban J connectivity index is 2.15. The van der Waals surface area contributed by atoms with Crippen molar-refractivity contribution in [3.63, 3.8) is 0 Å². The Morgan fingerprint density at radius 2 is 2.00 bits per heavy atom. The van der Waals surface area contributed by atoms with Crippen molar-refractivity contribution in [2.24, 2.45) is 0 Å². The third-order valence-electron chi connectivity index (χ3n) is 2.07. The van der Waals surface area contributed by atoms with Crippen LogP contribution in [-0.2, 0) is 10.5 Å². The van der Waals surface area contributed by atoms with Gasteiger partial charge in [-0.05, 0) is 24.7 Å². The van der Waals surface area contributed by atoms with Gasteiger partial charge in [0, 0.05) is 12.2 Å². The molecule has 0 bridgehead atoms. The molecule has 0 aliphatic rings. The van der Waals surface area contributed by atoms with Gasteiger partial charge in [-0.1, -0.05) is 29.8 Å². The van der Waals surface area contributed by atoms with Gasteiger partial charge < -0.3 is 5.11 Å². The van der Waals surface area contributed by atoms with Crippen molar-refractivity contribution in [2.75, 3.05) is 5.75 Å². The Morgan fingerprint density at radius 3 is 2.60 bits per heavy atom. The summed E-state index contributed by atoms with van der Waals surface area (Å²) >= 11 is 1.79. The lowest BCUT2D eigenvalue weighted by atomic mass is 10.2. The molecule has 0 fully saturated rings. The highest BCUT2D eigenvalue weighted by Crippen LogP contribution is 2.14. The first-order chi connectivity index (χ1) is 7.18. The largest absolute Gasteiger partial charge is 0.481 e. The van der Waals surface area contributed by atoms with Crippen molar-refractivity contribution in [1.82, 2.24) is 0 Å². The molecular formula is C12H16O2S. The summed E-state index contributed by atoms with van der Waals surface area (Å²) in [5, 5.41) is 8.45. The van der Waals surface area contributed by atoms with Gasteiger partial charge in [0.1, 0.15) is 0 Å². The highest BCUT2D eigenvalue weighted by atomic mass is 32.2. The smallest absolute Gasteiger partial charge is 0.303 e. The molecule has 3 heteroatoms. The second-order valence-electron chi connectivity index (χ2n) is 3.54. The third kappa shape index (κ3) is 5.47. The Bertz CT molecular complexity index is 306. The van der Waals surface area contributed by atoms with E-state index in [1.165, 1.54) is 11.1 Å². The molecule has 0 heterocycles. The summed E-state index contributed by atoms with van der Waals surface area (Å²) in [4.78, 5) is 10.3. The maximum atomic E-state index is 10.3. The van der Waals surface area contributed by atoms with Gasteiger partial charge in [-0.15, -0.1) is 0 Å². The van der Waals surface area contributed by atoms with E-state index in [9.17, 15) is 4.79 Å². The first-order valence-corrected chi connectivity index (χ1v) is 6.19. The number of hydrogen-bond donors (Lipinski definition) is 1. The highest BCUT2D eigenvalue weighted by Gasteiger charge is 1.97. The molecule has 0 saturated heterocycles. The zero-order valence-electron chi connectivity index (χ0n) is 8.90. The van der Waals surface area contributed by atoms with Crippen LogP contribution in [0.25, 0.3) is 0 Å². The van der Waals surface area contributed by atoms with Crippen LogP contribution in [-0.4, -0.2) is 16.8 Å². The lowest BCUT2D eigenvalue weighted by Crippen LogP contribution is -1.95. The van der Waals surface area contributed by atoms with E-state index in [1.54, 1.807) is 11.8 Å². The third-order valence-corrected chi connectivity index (χ3v) is 3.18. The van der Waals surface area contributed by atoms with Crippen molar-refractivity contribution in [2.45, 2.75) is 25.5 Å². The molecular weight excluding hydrogens is 208 g/mol. The number of hydrogen-bond acceptors (Lipinski definition) is 2. The monoisotopic (exact) mass is 224 g/mol. The van der Waals surface area contributed by atoms with Gasteiger partial charge in [0.05, 0.1) is 0 Å². The first kappa shape index (κ1) is 12.1. The summed E-state index contributed by atoms with van der Waals surface area (Å²) in [6.45, 7) is 2.07. The molecule has 15 heavy (non-hydrogen) atoms. The van der Waals surface area contributed by atoms with Crippen LogP contribution in [0.4, 0.5) is 0 Å². The number of thioether (sulfide) groups is 1. The Kier molecular flexibility index (Phi) is 5.26. The number of carboxylic acids is 1. The van der Waals surface area contributed by atoms with E-state index in [0.29, 0.717) is 0 Å². The van der Waals surface area contributed by atoms with Gasteiger partial charge in [-0.3, -0.25) is 4.79 Å². The molecule has 0 spiro atoms. The van der Waals surface area contributed by atoms with Gasteiger partial charge in [0.2, 0.25) is 0 Å². The van der Waals surface area contributed by atoms with Crippen LogP contribution in [0.2, 0.25) is 0 Å². The van der Waals surface area contributed by atoms with Crippen molar-refractivity contribution >= 4 is 17.7 Å². The summed E-state index contributed by atoms with van der Waals surface area (Å²) in [5.41, 5.74) is 2.58. The maximum absolute atomic E-state index is 10.3. The molecule has 0 aromatic heterocycles. The van der Waals surface area contributed by atoms with Crippen LogP contribution in [0, 0.1) is 6.92 Å². The fourth-order valence-corrected chi connectivity index (χ4v) is 2.12. The minimum Gasteiger partial charge on any atom is -0.481 e. The standard InChI is InChI=1S/C12H16O2S/c1-10-4-6-11(7-5-10)9-15-8-2-3-12(13)14/h4-7H,2-3,8-9H2,1H3,(H,13,14). The van der Waals surface area contributed by atoms with Gasteiger partial charge >= 0.3 is 5.97 Å². The maximum Gasteiger partial charge on any atom is 0.303 e. The van der Waals surface area contributed by atoms with Gasteiger partial charge in [0.15, 0.2) is 0 Å². The SMILES string of the molecule is Cc1ccc(CSCCCC(=O)O)cc1. The molecule has 0 atom stereocenters. The fourth-order valence-electron chi connectivity index (χ4n) is 1.20. The van der Waals surface area contributed by atoms with Crippen LogP contribution < -0.4 is 0 Å². The number of rotatable bonds is 6. The minimum absolute atomic E-state index is 0.279. The van der Waals surface area contributed by atoms with Crippen molar-refractivity contribution < 1.29 is 9.90 Å². The number of carboxylic acid groups (broad SMARTS) is 1. The van der Waals surface area contributed by atoms with Crippen LogP contribution in [0.3, 0.4) is 0 Å². The topological polar surface area (TPSA) is 37.3 Å². The molecule has 1 N–H and O–H groups in total. The number of aryl methyl sites for hydroxylation is 1. The van der Waals surface area contributed by atoms with E-state index in [0.717, 1.165) is 17.9 Å². The summed E-state index contributed by atoms with van der Waals surface area (Å²) in [6, 6.07) is 8.46. The zero-order chi connectivity index (χ0) is 11.1.